The highest BCUT2D eigenvalue weighted by atomic mass is 35.5. The summed E-state index contributed by atoms with van der Waals surface area (Å²) in [7, 11) is 1.61. The number of halogens is 1. The molecule has 4 heteroatoms. The third kappa shape index (κ3) is 2.67. The molecule has 0 saturated heterocycles. The van der Waals surface area contributed by atoms with E-state index in [1.807, 2.05) is 18.2 Å². The van der Waals surface area contributed by atoms with Gasteiger partial charge in [-0.05, 0) is 30.5 Å². The summed E-state index contributed by atoms with van der Waals surface area (Å²) in [5.41, 5.74) is 1.13. The van der Waals surface area contributed by atoms with Crippen molar-refractivity contribution in [3.63, 3.8) is 0 Å². The molecule has 0 aromatic heterocycles. The van der Waals surface area contributed by atoms with Crippen molar-refractivity contribution < 1.29 is 9.84 Å². The first-order valence-electron chi connectivity index (χ1n) is 5.43. The first-order valence-corrected chi connectivity index (χ1v) is 5.80. The summed E-state index contributed by atoms with van der Waals surface area (Å²) >= 11 is 6.02. The number of rotatable bonds is 4. The lowest BCUT2D eigenvalue weighted by atomic mass is 9.89. The number of hydrogen-bond donors (Lipinski definition) is 2. The quantitative estimate of drug-likeness (QED) is 0.847. The minimum atomic E-state index is -0.114. The molecule has 88 valence electrons. The summed E-state index contributed by atoms with van der Waals surface area (Å²) in [6, 6.07) is 6.21. The summed E-state index contributed by atoms with van der Waals surface area (Å²) in [5.74, 6) is 0.699. The van der Waals surface area contributed by atoms with Gasteiger partial charge >= 0.3 is 0 Å². The van der Waals surface area contributed by atoms with E-state index in [0.29, 0.717) is 16.8 Å². The molecule has 1 aromatic carbocycles. The second-order valence-electron chi connectivity index (χ2n) is 4.17. The Morgan fingerprint density at radius 1 is 1.50 bits per heavy atom. The van der Waals surface area contributed by atoms with E-state index in [2.05, 4.69) is 5.32 Å². The van der Waals surface area contributed by atoms with Crippen LogP contribution in [0.5, 0.6) is 5.75 Å². The molecule has 0 bridgehead atoms. The van der Waals surface area contributed by atoms with Crippen LogP contribution in [0.3, 0.4) is 0 Å². The van der Waals surface area contributed by atoms with E-state index in [4.69, 9.17) is 21.4 Å². The van der Waals surface area contributed by atoms with Gasteiger partial charge in [0.05, 0.1) is 18.2 Å². The van der Waals surface area contributed by atoms with Crippen LogP contribution in [0, 0.1) is 0 Å². The number of aliphatic hydroxyl groups excluding tert-OH is 1. The van der Waals surface area contributed by atoms with Gasteiger partial charge in [-0.25, -0.2) is 0 Å². The van der Waals surface area contributed by atoms with E-state index in [9.17, 15) is 0 Å². The van der Waals surface area contributed by atoms with Crippen LogP contribution in [0.1, 0.15) is 18.4 Å². The Morgan fingerprint density at radius 3 is 2.81 bits per heavy atom. The zero-order valence-corrected chi connectivity index (χ0v) is 10.00. The number of aliphatic hydroxyl groups is 1. The summed E-state index contributed by atoms with van der Waals surface area (Å²) in [6.07, 6.45) is 1.59. The van der Waals surface area contributed by atoms with Crippen molar-refractivity contribution in [3.8, 4) is 5.75 Å². The molecule has 0 amide bonds. The average Bonchev–Trinajstić information content (AvgIpc) is 2.23. The molecule has 2 N–H and O–H groups in total. The van der Waals surface area contributed by atoms with E-state index < -0.39 is 0 Å². The number of methoxy groups -OCH3 is 1. The van der Waals surface area contributed by atoms with E-state index >= 15 is 0 Å². The average molecular weight is 242 g/mol. The van der Waals surface area contributed by atoms with Gasteiger partial charge in [0.25, 0.3) is 0 Å². The van der Waals surface area contributed by atoms with Crippen LogP contribution in [-0.2, 0) is 6.54 Å². The number of ether oxygens (including phenoxy) is 1. The summed E-state index contributed by atoms with van der Waals surface area (Å²) in [5, 5.41) is 13.2. The van der Waals surface area contributed by atoms with Crippen LogP contribution in [0.25, 0.3) is 0 Å². The van der Waals surface area contributed by atoms with Crippen LogP contribution in [0.4, 0.5) is 0 Å². The molecule has 2 rings (SSSR count). The largest absolute Gasteiger partial charge is 0.495 e. The molecule has 0 heterocycles. The predicted octanol–water partition coefficient (Wildman–Crippen LogP) is 1.96. The zero-order valence-electron chi connectivity index (χ0n) is 9.24. The standard InChI is InChI=1S/C12H16ClNO2/c1-16-12-3-2-8(4-11(12)13)7-14-9-5-10(15)6-9/h2-4,9-10,14-15H,5-7H2,1H3. The smallest absolute Gasteiger partial charge is 0.137 e. The van der Waals surface area contributed by atoms with Gasteiger partial charge in [0.2, 0.25) is 0 Å². The summed E-state index contributed by atoms with van der Waals surface area (Å²) in [6.45, 7) is 0.779. The van der Waals surface area contributed by atoms with E-state index in [-0.39, 0.29) is 6.10 Å². The molecule has 16 heavy (non-hydrogen) atoms. The highest BCUT2D eigenvalue weighted by Crippen LogP contribution is 2.25. The van der Waals surface area contributed by atoms with Crippen molar-refractivity contribution in [2.24, 2.45) is 0 Å². The van der Waals surface area contributed by atoms with Crippen LogP contribution in [-0.4, -0.2) is 24.4 Å². The number of nitrogens with one attached hydrogen (secondary N) is 1. The fourth-order valence-corrected chi connectivity index (χ4v) is 2.12. The van der Waals surface area contributed by atoms with Crippen LogP contribution < -0.4 is 10.1 Å². The lowest BCUT2D eigenvalue weighted by Gasteiger charge is -2.32. The number of hydrogen-bond acceptors (Lipinski definition) is 3. The first kappa shape index (κ1) is 11.7. The summed E-state index contributed by atoms with van der Waals surface area (Å²) < 4.78 is 5.09. The van der Waals surface area contributed by atoms with Gasteiger partial charge in [0.1, 0.15) is 5.75 Å². The maximum atomic E-state index is 9.15. The van der Waals surface area contributed by atoms with E-state index in [0.717, 1.165) is 24.9 Å². The Bertz CT molecular complexity index is 364. The highest BCUT2D eigenvalue weighted by Gasteiger charge is 2.26. The highest BCUT2D eigenvalue weighted by molar-refractivity contribution is 6.32. The topological polar surface area (TPSA) is 41.5 Å². The maximum absolute atomic E-state index is 9.15. The van der Waals surface area contributed by atoms with Gasteiger partial charge < -0.3 is 15.2 Å². The third-order valence-electron chi connectivity index (χ3n) is 2.92. The van der Waals surface area contributed by atoms with Gasteiger partial charge in [-0.1, -0.05) is 17.7 Å². The Hall–Kier alpha value is -0.770. The fourth-order valence-electron chi connectivity index (χ4n) is 1.84. The van der Waals surface area contributed by atoms with Crippen molar-refractivity contribution in [3.05, 3.63) is 28.8 Å². The second-order valence-corrected chi connectivity index (χ2v) is 4.58. The van der Waals surface area contributed by atoms with Crippen LogP contribution in [0.2, 0.25) is 5.02 Å². The molecule has 3 nitrogen and oxygen atoms in total. The third-order valence-corrected chi connectivity index (χ3v) is 3.22. The second kappa shape index (κ2) is 5.04. The Kier molecular flexibility index (Phi) is 3.69. The molecule has 1 fully saturated rings. The molecule has 0 unspecified atom stereocenters. The molecule has 0 radical (unpaired) electrons. The monoisotopic (exact) mass is 241 g/mol. The van der Waals surface area contributed by atoms with Crippen LogP contribution in [0.15, 0.2) is 18.2 Å². The van der Waals surface area contributed by atoms with Gasteiger partial charge in [-0.2, -0.15) is 0 Å². The molecular formula is C12H16ClNO2. The van der Waals surface area contributed by atoms with Crippen molar-refractivity contribution in [2.45, 2.75) is 31.5 Å². The Morgan fingerprint density at radius 2 is 2.25 bits per heavy atom. The Labute approximate surface area is 100 Å². The lowest BCUT2D eigenvalue weighted by Crippen LogP contribution is -2.43. The molecular weight excluding hydrogens is 226 g/mol. The fraction of sp³-hybridized carbons (Fsp3) is 0.500. The van der Waals surface area contributed by atoms with Gasteiger partial charge in [-0.15, -0.1) is 0 Å². The molecule has 1 aromatic rings. The van der Waals surface area contributed by atoms with Crippen molar-refractivity contribution >= 4 is 11.6 Å². The maximum Gasteiger partial charge on any atom is 0.137 e. The van der Waals surface area contributed by atoms with E-state index in [1.165, 1.54) is 0 Å². The Balaban J connectivity index is 1.87. The first-order chi connectivity index (χ1) is 7.69. The van der Waals surface area contributed by atoms with Crippen molar-refractivity contribution in [1.29, 1.82) is 0 Å². The molecule has 0 spiro atoms. The minimum Gasteiger partial charge on any atom is -0.495 e. The van der Waals surface area contributed by atoms with Crippen molar-refractivity contribution in [2.75, 3.05) is 7.11 Å². The van der Waals surface area contributed by atoms with Gasteiger partial charge in [0, 0.05) is 12.6 Å². The van der Waals surface area contributed by atoms with Gasteiger partial charge in [-0.3, -0.25) is 0 Å². The lowest BCUT2D eigenvalue weighted by molar-refractivity contribution is 0.0619. The normalized spacial score (nSPS) is 23.9. The van der Waals surface area contributed by atoms with E-state index in [1.54, 1.807) is 7.11 Å². The SMILES string of the molecule is COc1ccc(CNC2CC(O)C2)cc1Cl. The number of benzene rings is 1. The molecule has 0 aliphatic heterocycles. The minimum absolute atomic E-state index is 0.114. The van der Waals surface area contributed by atoms with Gasteiger partial charge in [0.15, 0.2) is 0 Å². The molecule has 1 saturated carbocycles. The predicted molar refractivity (Wildman–Crippen MR) is 63.9 cm³/mol. The molecule has 1 aliphatic rings. The zero-order chi connectivity index (χ0) is 11.5. The van der Waals surface area contributed by atoms with Crippen LogP contribution >= 0.6 is 11.6 Å². The molecule has 0 atom stereocenters. The molecule has 1 aliphatic carbocycles. The van der Waals surface area contributed by atoms with Crippen molar-refractivity contribution in [1.82, 2.24) is 5.32 Å². The summed E-state index contributed by atoms with van der Waals surface area (Å²) in [4.78, 5) is 0.